The van der Waals surface area contributed by atoms with E-state index in [0.717, 1.165) is 38.6 Å². The van der Waals surface area contributed by atoms with Crippen LogP contribution in [0.15, 0.2) is 18.2 Å². The Kier molecular flexibility index (Phi) is 5.21. The van der Waals surface area contributed by atoms with Gasteiger partial charge in [0.05, 0.1) is 6.04 Å². The van der Waals surface area contributed by atoms with Gasteiger partial charge in [-0.2, -0.15) is 0 Å². The number of hydrogen-bond donors (Lipinski definition) is 2. The first-order chi connectivity index (χ1) is 12.9. The normalized spacial score (nSPS) is 36.6. The maximum atomic E-state index is 13.7. The highest BCUT2D eigenvalue weighted by atomic mass is 19.2. The van der Waals surface area contributed by atoms with Crippen LogP contribution in [0.5, 0.6) is 0 Å². The van der Waals surface area contributed by atoms with Crippen molar-refractivity contribution in [1.29, 1.82) is 0 Å². The number of likely N-dealkylation sites (N-methyl/N-ethyl adjacent to an activating group) is 1. The lowest BCUT2D eigenvalue weighted by Crippen LogP contribution is -2.50. The van der Waals surface area contributed by atoms with Crippen LogP contribution >= 0.6 is 0 Å². The Hall–Kier alpha value is -1.53. The number of likely N-dealkylation sites (tertiary alicyclic amines) is 1. The molecule has 2 saturated carbocycles. The van der Waals surface area contributed by atoms with Crippen LogP contribution in [0.4, 0.5) is 8.78 Å². The number of nitrogens with one attached hydrogen (secondary N) is 1. The second kappa shape index (κ2) is 7.47. The van der Waals surface area contributed by atoms with Crippen molar-refractivity contribution in [2.24, 2.45) is 23.5 Å². The van der Waals surface area contributed by atoms with E-state index >= 15 is 0 Å². The quantitative estimate of drug-likeness (QED) is 0.851. The van der Waals surface area contributed by atoms with E-state index in [1.54, 1.807) is 6.07 Å². The van der Waals surface area contributed by atoms with Gasteiger partial charge in [0.1, 0.15) is 0 Å². The highest BCUT2D eigenvalue weighted by Crippen LogP contribution is 2.42. The van der Waals surface area contributed by atoms with Crippen molar-refractivity contribution < 1.29 is 13.6 Å². The fraction of sp³-hybridized carbons (Fsp3) is 0.667. The number of carbonyl (C=O) groups excluding carboxylic acids is 1. The summed E-state index contributed by atoms with van der Waals surface area (Å²) >= 11 is 0. The first-order valence-electron chi connectivity index (χ1n) is 10.1. The van der Waals surface area contributed by atoms with Gasteiger partial charge in [0.25, 0.3) is 0 Å². The zero-order valence-corrected chi connectivity index (χ0v) is 15.8. The maximum absolute atomic E-state index is 13.7. The van der Waals surface area contributed by atoms with Crippen LogP contribution in [0.3, 0.4) is 0 Å². The molecule has 4 nitrogen and oxygen atoms in total. The van der Waals surface area contributed by atoms with Crippen LogP contribution in [-0.4, -0.2) is 36.5 Å². The van der Waals surface area contributed by atoms with Gasteiger partial charge in [0.2, 0.25) is 5.91 Å². The molecule has 0 spiro atoms. The second-order valence-electron chi connectivity index (χ2n) is 8.70. The minimum Gasteiger partial charge on any atom is -0.351 e. The van der Waals surface area contributed by atoms with Crippen LogP contribution in [-0.2, 0) is 4.79 Å². The lowest BCUT2D eigenvalue weighted by molar-refractivity contribution is -0.128. The molecule has 1 heterocycles. The van der Waals surface area contributed by atoms with Gasteiger partial charge < -0.3 is 11.1 Å². The predicted molar refractivity (Wildman–Crippen MR) is 99.8 cm³/mol. The number of nitrogens with two attached hydrogens (primary N) is 1. The summed E-state index contributed by atoms with van der Waals surface area (Å²) in [7, 11) is 1.96. The molecule has 4 atom stereocenters. The number of benzene rings is 1. The third kappa shape index (κ3) is 3.61. The molecule has 148 valence electrons. The minimum absolute atomic E-state index is 0.0246. The number of fused-ring (bicyclic) bond motifs is 2. The van der Waals surface area contributed by atoms with Crippen LogP contribution in [0.25, 0.3) is 0 Å². The molecule has 1 aromatic rings. The third-order valence-corrected chi connectivity index (χ3v) is 7.05. The van der Waals surface area contributed by atoms with Gasteiger partial charge in [-0.3, -0.25) is 9.69 Å². The lowest BCUT2D eigenvalue weighted by atomic mass is 9.65. The fourth-order valence-corrected chi connectivity index (χ4v) is 5.58. The number of halogens is 2. The molecule has 0 aromatic heterocycles. The topological polar surface area (TPSA) is 58.4 Å². The van der Waals surface area contributed by atoms with E-state index in [1.807, 2.05) is 7.05 Å². The fourth-order valence-electron chi connectivity index (χ4n) is 5.58. The molecule has 0 radical (unpaired) electrons. The standard InChI is InChI=1S/C21H29F2N3O/c1-26-8-7-18(20(26)14-5-6-16(22)17(23)11-14)25-21(27)15-9-12-3-2-4-13(10-15)19(12)24/h5-6,11-13,15,18-20H,2-4,7-10,24H2,1H3,(H,25,27). The van der Waals surface area contributed by atoms with Crippen LogP contribution < -0.4 is 11.1 Å². The minimum atomic E-state index is -0.843. The number of amides is 1. The SMILES string of the molecule is CN1CCC(NC(=O)C2CC3CCCC(C2)C3N)C1c1ccc(F)c(F)c1. The maximum Gasteiger partial charge on any atom is 0.223 e. The largest absolute Gasteiger partial charge is 0.351 e. The first-order valence-corrected chi connectivity index (χ1v) is 10.1. The molecule has 1 amide bonds. The average molecular weight is 377 g/mol. The molecule has 4 rings (SSSR count). The van der Waals surface area contributed by atoms with Gasteiger partial charge in [-0.1, -0.05) is 12.5 Å². The van der Waals surface area contributed by atoms with E-state index in [9.17, 15) is 13.6 Å². The smallest absolute Gasteiger partial charge is 0.223 e. The van der Waals surface area contributed by atoms with Gasteiger partial charge in [-0.25, -0.2) is 8.78 Å². The number of carbonyl (C=O) groups is 1. The highest BCUT2D eigenvalue weighted by Gasteiger charge is 2.42. The molecule has 4 unspecified atom stereocenters. The molecule has 2 aliphatic carbocycles. The summed E-state index contributed by atoms with van der Waals surface area (Å²) in [5, 5.41) is 3.23. The molecular formula is C21H29F2N3O. The second-order valence-corrected chi connectivity index (χ2v) is 8.70. The zero-order valence-electron chi connectivity index (χ0n) is 15.8. The number of nitrogens with zero attached hydrogens (tertiary/aromatic N) is 1. The highest BCUT2D eigenvalue weighted by molar-refractivity contribution is 5.79. The van der Waals surface area contributed by atoms with Crippen molar-refractivity contribution in [3.8, 4) is 0 Å². The summed E-state index contributed by atoms with van der Waals surface area (Å²) < 4.78 is 27.0. The predicted octanol–water partition coefficient (Wildman–Crippen LogP) is 2.98. The van der Waals surface area contributed by atoms with Crippen molar-refractivity contribution in [2.75, 3.05) is 13.6 Å². The average Bonchev–Trinajstić information content (AvgIpc) is 2.97. The molecule has 1 saturated heterocycles. The molecule has 2 bridgehead atoms. The monoisotopic (exact) mass is 377 g/mol. The van der Waals surface area contributed by atoms with Crippen LogP contribution in [0, 0.1) is 29.4 Å². The Morgan fingerprint density at radius 2 is 1.85 bits per heavy atom. The van der Waals surface area contributed by atoms with E-state index in [2.05, 4.69) is 10.2 Å². The summed E-state index contributed by atoms with van der Waals surface area (Å²) in [5.41, 5.74) is 7.06. The Balaban J connectivity index is 1.46. The van der Waals surface area contributed by atoms with E-state index in [-0.39, 0.29) is 30.0 Å². The van der Waals surface area contributed by atoms with Crippen molar-refractivity contribution >= 4 is 5.91 Å². The van der Waals surface area contributed by atoms with Crippen molar-refractivity contribution in [1.82, 2.24) is 10.2 Å². The Labute approximate surface area is 159 Å². The zero-order chi connectivity index (χ0) is 19.1. The summed E-state index contributed by atoms with van der Waals surface area (Å²) in [6.45, 7) is 0.815. The van der Waals surface area contributed by atoms with Crippen LogP contribution in [0.2, 0.25) is 0 Å². The van der Waals surface area contributed by atoms with E-state index in [0.29, 0.717) is 17.4 Å². The first kappa shape index (κ1) is 18.8. The van der Waals surface area contributed by atoms with Gasteiger partial charge in [-0.15, -0.1) is 0 Å². The Bertz CT molecular complexity index is 699. The molecule has 6 heteroatoms. The lowest BCUT2D eigenvalue weighted by Gasteiger charge is -2.43. The van der Waals surface area contributed by atoms with Crippen LogP contribution in [0.1, 0.15) is 50.1 Å². The summed E-state index contributed by atoms with van der Waals surface area (Å²) in [6, 6.07) is 4.07. The Morgan fingerprint density at radius 1 is 1.15 bits per heavy atom. The molecule has 1 aromatic carbocycles. The van der Waals surface area contributed by atoms with Gasteiger partial charge in [0.15, 0.2) is 11.6 Å². The van der Waals surface area contributed by atoms with Crippen molar-refractivity contribution in [3.63, 3.8) is 0 Å². The third-order valence-electron chi connectivity index (χ3n) is 7.05. The van der Waals surface area contributed by atoms with Crippen molar-refractivity contribution in [3.05, 3.63) is 35.4 Å². The van der Waals surface area contributed by atoms with Gasteiger partial charge >= 0.3 is 0 Å². The molecule has 3 N–H and O–H groups in total. The molecular weight excluding hydrogens is 348 g/mol. The van der Waals surface area contributed by atoms with Crippen molar-refractivity contribution in [2.45, 2.75) is 56.7 Å². The summed E-state index contributed by atoms with van der Waals surface area (Å²) in [6.07, 6.45) is 6.05. The summed E-state index contributed by atoms with van der Waals surface area (Å²) in [5.74, 6) is -0.636. The van der Waals surface area contributed by atoms with E-state index < -0.39 is 11.6 Å². The number of rotatable bonds is 3. The van der Waals surface area contributed by atoms with E-state index in [4.69, 9.17) is 5.73 Å². The Morgan fingerprint density at radius 3 is 2.52 bits per heavy atom. The molecule has 1 aliphatic heterocycles. The summed E-state index contributed by atoms with van der Waals surface area (Å²) in [4.78, 5) is 15.1. The number of hydrogen-bond acceptors (Lipinski definition) is 3. The molecule has 3 aliphatic rings. The van der Waals surface area contributed by atoms with Gasteiger partial charge in [0, 0.05) is 24.5 Å². The van der Waals surface area contributed by atoms with E-state index in [1.165, 1.54) is 18.6 Å². The molecule has 3 fully saturated rings. The van der Waals surface area contributed by atoms with Gasteiger partial charge in [-0.05, 0) is 68.7 Å². The molecule has 27 heavy (non-hydrogen) atoms.